The molecule has 0 bridgehead atoms. The second-order valence-corrected chi connectivity index (χ2v) is 5.73. The largest absolute Gasteiger partial charge is 0.480 e. The SMILES string of the molecule is CSCC[C@@H](NC(=O)Nc1cc(F)ccc1Br)C(=O)O. The fraction of sp³-hybridized carbons (Fsp3) is 0.333. The highest BCUT2D eigenvalue weighted by Crippen LogP contribution is 2.22. The van der Waals surface area contributed by atoms with Crippen molar-refractivity contribution in [3.05, 3.63) is 28.5 Å². The van der Waals surface area contributed by atoms with Crippen LogP contribution < -0.4 is 10.6 Å². The van der Waals surface area contributed by atoms with Gasteiger partial charge in [-0.1, -0.05) is 0 Å². The summed E-state index contributed by atoms with van der Waals surface area (Å²) in [7, 11) is 0. The van der Waals surface area contributed by atoms with Crippen LogP contribution >= 0.6 is 27.7 Å². The lowest BCUT2D eigenvalue weighted by atomic mass is 10.2. The van der Waals surface area contributed by atoms with Crippen molar-refractivity contribution in [2.45, 2.75) is 12.5 Å². The molecule has 110 valence electrons. The highest BCUT2D eigenvalue weighted by molar-refractivity contribution is 9.10. The Morgan fingerprint density at radius 2 is 2.20 bits per heavy atom. The molecule has 8 heteroatoms. The molecule has 2 amide bonds. The number of hydrogen-bond acceptors (Lipinski definition) is 3. The van der Waals surface area contributed by atoms with Crippen molar-refractivity contribution < 1.29 is 19.1 Å². The predicted molar refractivity (Wildman–Crippen MR) is 80.7 cm³/mol. The molecule has 3 N–H and O–H groups in total. The Hall–Kier alpha value is -1.28. The van der Waals surface area contributed by atoms with Gasteiger partial charge in [0.25, 0.3) is 0 Å². The van der Waals surface area contributed by atoms with Crippen LogP contribution in [0.2, 0.25) is 0 Å². The quantitative estimate of drug-likeness (QED) is 0.724. The fourth-order valence-corrected chi connectivity index (χ4v) is 2.22. The summed E-state index contributed by atoms with van der Waals surface area (Å²) in [4.78, 5) is 22.7. The van der Waals surface area contributed by atoms with E-state index in [9.17, 15) is 14.0 Å². The third kappa shape index (κ3) is 5.38. The van der Waals surface area contributed by atoms with Crippen LogP contribution in [0.5, 0.6) is 0 Å². The van der Waals surface area contributed by atoms with Crippen molar-refractivity contribution >= 4 is 45.4 Å². The normalized spacial score (nSPS) is 11.8. The molecular formula is C12H14BrFN2O3S. The van der Waals surface area contributed by atoms with Gasteiger partial charge in [-0.25, -0.2) is 14.0 Å². The molecule has 0 unspecified atom stereocenters. The van der Waals surface area contributed by atoms with Crippen molar-refractivity contribution in [2.24, 2.45) is 0 Å². The minimum Gasteiger partial charge on any atom is -0.480 e. The molecule has 0 fully saturated rings. The molecule has 0 saturated carbocycles. The van der Waals surface area contributed by atoms with Crippen LogP contribution in [0.3, 0.4) is 0 Å². The van der Waals surface area contributed by atoms with Gasteiger partial charge in [0.1, 0.15) is 11.9 Å². The van der Waals surface area contributed by atoms with Crippen molar-refractivity contribution in [3.63, 3.8) is 0 Å². The highest BCUT2D eigenvalue weighted by Gasteiger charge is 2.19. The van der Waals surface area contributed by atoms with Gasteiger partial charge in [0, 0.05) is 4.47 Å². The maximum absolute atomic E-state index is 13.1. The second-order valence-electron chi connectivity index (χ2n) is 3.89. The third-order valence-corrected chi connectivity index (χ3v) is 3.73. The number of anilines is 1. The van der Waals surface area contributed by atoms with E-state index in [2.05, 4.69) is 26.6 Å². The molecule has 1 rings (SSSR count). The lowest BCUT2D eigenvalue weighted by Crippen LogP contribution is -2.43. The molecule has 1 aromatic rings. The summed E-state index contributed by atoms with van der Waals surface area (Å²) in [5, 5.41) is 13.7. The lowest BCUT2D eigenvalue weighted by molar-refractivity contribution is -0.139. The topological polar surface area (TPSA) is 78.4 Å². The van der Waals surface area contributed by atoms with Gasteiger partial charge in [-0.15, -0.1) is 0 Å². The number of hydrogen-bond donors (Lipinski definition) is 3. The molecule has 1 aromatic carbocycles. The van der Waals surface area contributed by atoms with Crippen LogP contribution in [-0.2, 0) is 4.79 Å². The number of aliphatic carboxylic acids is 1. The first-order valence-corrected chi connectivity index (χ1v) is 7.87. The van der Waals surface area contributed by atoms with Crippen molar-refractivity contribution in [3.8, 4) is 0 Å². The summed E-state index contributed by atoms with van der Waals surface area (Å²) in [6.45, 7) is 0. The van der Waals surface area contributed by atoms with E-state index >= 15 is 0 Å². The number of carboxylic acids is 1. The summed E-state index contributed by atoms with van der Waals surface area (Å²) in [6, 6.07) is 2.17. The number of benzene rings is 1. The zero-order valence-corrected chi connectivity index (χ0v) is 13.1. The summed E-state index contributed by atoms with van der Waals surface area (Å²) in [5.74, 6) is -0.992. The molecule has 0 aliphatic carbocycles. The van der Waals surface area contributed by atoms with Crippen molar-refractivity contribution in [2.75, 3.05) is 17.3 Å². The minimum absolute atomic E-state index is 0.233. The van der Waals surface area contributed by atoms with E-state index in [4.69, 9.17) is 5.11 Å². The van der Waals surface area contributed by atoms with Gasteiger partial charge in [-0.05, 0) is 52.6 Å². The van der Waals surface area contributed by atoms with E-state index in [-0.39, 0.29) is 5.69 Å². The first-order valence-electron chi connectivity index (χ1n) is 5.68. The van der Waals surface area contributed by atoms with Gasteiger partial charge < -0.3 is 15.7 Å². The molecular weight excluding hydrogens is 351 g/mol. The van der Waals surface area contributed by atoms with E-state index in [1.165, 1.54) is 23.9 Å². The van der Waals surface area contributed by atoms with Crippen LogP contribution in [-0.4, -0.2) is 35.2 Å². The second kappa shape index (κ2) is 8.11. The number of carbonyl (C=O) groups excluding carboxylic acids is 1. The molecule has 20 heavy (non-hydrogen) atoms. The van der Waals surface area contributed by atoms with Crippen molar-refractivity contribution in [1.82, 2.24) is 5.32 Å². The molecule has 0 saturated heterocycles. The first-order chi connectivity index (χ1) is 9.43. The Balaban J connectivity index is 2.65. The number of urea groups is 1. The number of rotatable bonds is 6. The van der Waals surface area contributed by atoms with E-state index in [0.717, 1.165) is 6.07 Å². The van der Waals surface area contributed by atoms with Gasteiger partial charge in [0.2, 0.25) is 0 Å². The van der Waals surface area contributed by atoms with E-state index in [1.807, 2.05) is 6.26 Å². The average Bonchev–Trinajstić information content (AvgIpc) is 2.38. The molecule has 0 aliphatic rings. The standard InChI is InChI=1S/C12H14BrFN2O3S/c1-20-5-4-9(11(17)18)15-12(19)16-10-6-7(14)2-3-8(10)13/h2-3,6,9H,4-5H2,1H3,(H,17,18)(H2,15,16,19)/t9-/m1/s1. The summed E-state index contributed by atoms with van der Waals surface area (Å²) in [5.41, 5.74) is 0.233. The van der Waals surface area contributed by atoms with Crippen LogP contribution in [0, 0.1) is 5.82 Å². The maximum Gasteiger partial charge on any atom is 0.326 e. The Morgan fingerprint density at radius 3 is 2.80 bits per heavy atom. The number of carbonyl (C=O) groups is 2. The highest BCUT2D eigenvalue weighted by atomic mass is 79.9. The van der Waals surface area contributed by atoms with Gasteiger partial charge in [0.15, 0.2) is 0 Å². The smallest absolute Gasteiger partial charge is 0.326 e. The van der Waals surface area contributed by atoms with E-state index in [1.54, 1.807) is 0 Å². The van der Waals surface area contributed by atoms with Crippen molar-refractivity contribution in [1.29, 1.82) is 0 Å². The zero-order valence-electron chi connectivity index (χ0n) is 10.7. The summed E-state index contributed by atoms with van der Waals surface area (Å²) >= 11 is 4.66. The number of amides is 2. The molecule has 0 heterocycles. The van der Waals surface area contributed by atoms with Gasteiger partial charge >= 0.3 is 12.0 Å². The average molecular weight is 365 g/mol. The summed E-state index contributed by atoms with van der Waals surface area (Å²) in [6.07, 6.45) is 2.16. The molecule has 1 atom stereocenters. The van der Waals surface area contributed by atoms with Crippen LogP contribution in [0.4, 0.5) is 14.9 Å². The van der Waals surface area contributed by atoms with Crippen LogP contribution in [0.1, 0.15) is 6.42 Å². The predicted octanol–water partition coefficient (Wildman–Crippen LogP) is 2.92. The number of thioether (sulfide) groups is 1. The molecule has 0 spiro atoms. The molecule has 0 radical (unpaired) electrons. The Kier molecular flexibility index (Phi) is 6.80. The lowest BCUT2D eigenvalue weighted by Gasteiger charge is -2.15. The maximum atomic E-state index is 13.1. The van der Waals surface area contributed by atoms with Gasteiger partial charge in [0.05, 0.1) is 5.69 Å². The summed E-state index contributed by atoms with van der Waals surface area (Å²) < 4.78 is 13.6. The molecule has 0 aliphatic heterocycles. The minimum atomic E-state index is -1.10. The van der Waals surface area contributed by atoms with Crippen LogP contribution in [0.25, 0.3) is 0 Å². The van der Waals surface area contributed by atoms with Gasteiger partial charge in [-0.3, -0.25) is 0 Å². The van der Waals surface area contributed by atoms with Gasteiger partial charge in [-0.2, -0.15) is 11.8 Å². The zero-order chi connectivity index (χ0) is 15.1. The fourth-order valence-electron chi connectivity index (χ4n) is 1.40. The first kappa shape index (κ1) is 16.8. The molecule has 0 aromatic heterocycles. The van der Waals surface area contributed by atoms with E-state index < -0.39 is 23.9 Å². The Labute approximate surface area is 128 Å². The number of nitrogens with one attached hydrogen (secondary N) is 2. The van der Waals surface area contributed by atoms with Crippen LogP contribution in [0.15, 0.2) is 22.7 Å². The number of carboxylic acid groups (broad SMARTS) is 1. The van der Waals surface area contributed by atoms with E-state index in [0.29, 0.717) is 16.6 Å². The third-order valence-electron chi connectivity index (χ3n) is 2.39. The Morgan fingerprint density at radius 1 is 1.50 bits per heavy atom. The Bertz CT molecular complexity index is 502. The molecule has 5 nitrogen and oxygen atoms in total. The monoisotopic (exact) mass is 364 g/mol. The number of halogens is 2.